The minimum atomic E-state index is -0.186. The second-order valence-corrected chi connectivity index (χ2v) is 5.43. The normalized spacial score (nSPS) is 24.0. The zero-order valence-electron chi connectivity index (χ0n) is 9.24. The summed E-state index contributed by atoms with van der Waals surface area (Å²) < 4.78 is 14.8. The summed E-state index contributed by atoms with van der Waals surface area (Å²) in [5, 5.41) is 0. The van der Waals surface area contributed by atoms with Gasteiger partial charge in [0.2, 0.25) is 0 Å². The number of guanidine groups is 1. The Hall–Kier alpha value is -1.10. The number of aliphatic imine (C=N–C) groups is 1. The van der Waals surface area contributed by atoms with Crippen LogP contribution in [0.5, 0.6) is 0 Å². The molecule has 0 radical (unpaired) electrons. The fourth-order valence-corrected chi connectivity index (χ4v) is 2.70. The Labute approximate surface area is 108 Å². The van der Waals surface area contributed by atoms with Crippen LogP contribution in [0.2, 0.25) is 0 Å². The fourth-order valence-electron chi connectivity index (χ4n) is 2.32. The second-order valence-electron chi connectivity index (χ2n) is 4.52. The molecule has 90 valence electrons. The van der Waals surface area contributed by atoms with Crippen molar-refractivity contribution in [2.45, 2.75) is 24.9 Å². The SMILES string of the molecule is NC1=NCC(c2cc(Br)ccc2F)N1C1CC1. The second kappa shape index (κ2) is 3.98. The van der Waals surface area contributed by atoms with E-state index in [2.05, 4.69) is 25.8 Å². The van der Waals surface area contributed by atoms with Gasteiger partial charge in [0.15, 0.2) is 5.96 Å². The summed E-state index contributed by atoms with van der Waals surface area (Å²) in [5.41, 5.74) is 6.55. The Kier molecular flexibility index (Phi) is 2.58. The van der Waals surface area contributed by atoms with Crippen LogP contribution < -0.4 is 5.73 Å². The van der Waals surface area contributed by atoms with Crippen LogP contribution in [0.15, 0.2) is 27.7 Å². The highest BCUT2D eigenvalue weighted by Crippen LogP contribution is 2.38. The maximum absolute atomic E-state index is 13.9. The van der Waals surface area contributed by atoms with E-state index in [1.807, 2.05) is 6.07 Å². The highest BCUT2D eigenvalue weighted by molar-refractivity contribution is 9.10. The highest BCUT2D eigenvalue weighted by Gasteiger charge is 2.39. The minimum absolute atomic E-state index is 0.0417. The van der Waals surface area contributed by atoms with E-state index in [1.165, 1.54) is 6.07 Å². The van der Waals surface area contributed by atoms with Crippen LogP contribution in [0.1, 0.15) is 24.4 Å². The molecule has 0 saturated heterocycles. The Bertz CT molecular complexity index is 485. The lowest BCUT2D eigenvalue weighted by Crippen LogP contribution is -2.38. The number of rotatable bonds is 2. The summed E-state index contributed by atoms with van der Waals surface area (Å²) in [6.45, 7) is 0.551. The number of hydrogen-bond acceptors (Lipinski definition) is 3. The van der Waals surface area contributed by atoms with Crippen molar-refractivity contribution < 1.29 is 4.39 Å². The third-order valence-electron chi connectivity index (χ3n) is 3.28. The maximum atomic E-state index is 13.9. The first-order valence-corrected chi connectivity index (χ1v) is 6.49. The molecule has 1 atom stereocenters. The molecular formula is C12H13BrFN3. The Balaban J connectivity index is 1.96. The van der Waals surface area contributed by atoms with Gasteiger partial charge in [-0.1, -0.05) is 15.9 Å². The fraction of sp³-hybridized carbons (Fsp3) is 0.417. The van der Waals surface area contributed by atoms with Crippen molar-refractivity contribution in [2.75, 3.05) is 6.54 Å². The van der Waals surface area contributed by atoms with Crippen molar-refractivity contribution in [1.29, 1.82) is 0 Å². The summed E-state index contributed by atoms with van der Waals surface area (Å²) in [6, 6.07) is 5.42. The van der Waals surface area contributed by atoms with Crippen molar-refractivity contribution >= 4 is 21.9 Å². The van der Waals surface area contributed by atoms with Crippen LogP contribution in [0.3, 0.4) is 0 Å². The lowest BCUT2D eigenvalue weighted by atomic mass is 10.1. The predicted molar refractivity (Wildman–Crippen MR) is 68.2 cm³/mol. The standard InChI is InChI=1S/C12H13BrFN3/c13-7-1-4-10(14)9(5-7)11-6-16-12(15)17(11)8-2-3-8/h1,4-5,8,11H,2-3,6H2,(H2,15,16). The summed E-state index contributed by atoms with van der Waals surface area (Å²) >= 11 is 3.38. The molecule has 3 nitrogen and oxygen atoms in total. The Morgan fingerprint density at radius 3 is 2.88 bits per heavy atom. The van der Waals surface area contributed by atoms with Crippen molar-refractivity contribution in [2.24, 2.45) is 10.7 Å². The molecule has 1 fully saturated rings. The molecule has 17 heavy (non-hydrogen) atoms. The van der Waals surface area contributed by atoms with E-state index in [0.717, 1.165) is 17.3 Å². The molecule has 1 aliphatic carbocycles. The smallest absolute Gasteiger partial charge is 0.192 e. The zero-order chi connectivity index (χ0) is 12.0. The van der Waals surface area contributed by atoms with Crippen LogP contribution in [0.25, 0.3) is 0 Å². The summed E-state index contributed by atoms with van der Waals surface area (Å²) in [6.07, 6.45) is 2.25. The van der Waals surface area contributed by atoms with Crippen LogP contribution in [0.4, 0.5) is 4.39 Å². The van der Waals surface area contributed by atoms with Gasteiger partial charge in [-0.3, -0.25) is 4.99 Å². The van der Waals surface area contributed by atoms with Gasteiger partial charge in [-0.15, -0.1) is 0 Å². The van der Waals surface area contributed by atoms with E-state index in [0.29, 0.717) is 24.1 Å². The molecule has 5 heteroatoms. The predicted octanol–water partition coefficient (Wildman–Crippen LogP) is 2.42. The summed E-state index contributed by atoms with van der Waals surface area (Å²) in [7, 11) is 0. The van der Waals surface area contributed by atoms with Gasteiger partial charge in [-0.2, -0.15) is 0 Å². The summed E-state index contributed by atoms with van der Waals surface area (Å²) in [5.74, 6) is 0.366. The molecule has 0 aromatic heterocycles. The average Bonchev–Trinajstić information content (AvgIpc) is 3.06. The zero-order valence-corrected chi connectivity index (χ0v) is 10.8. The van der Waals surface area contributed by atoms with Crippen LogP contribution in [0, 0.1) is 5.82 Å². The van der Waals surface area contributed by atoms with Crippen molar-refractivity contribution in [3.8, 4) is 0 Å². The van der Waals surface area contributed by atoms with Gasteiger partial charge in [0.1, 0.15) is 5.82 Å². The lowest BCUT2D eigenvalue weighted by Gasteiger charge is -2.26. The molecule has 1 aromatic carbocycles. The van der Waals surface area contributed by atoms with Crippen molar-refractivity contribution in [3.63, 3.8) is 0 Å². The highest BCUT2D eigenvalue weighted by atomic mass is 79.9. The number of nitrogens with two attached hydrogens (primary N) is 1. The first kappa shape index (κ1) is 11.0. The Morgan fingerprint density at radius 2 is 2.18 bits per heavy atom. The first-order chi connectivity index (χ1) is 8.16. The number of hydrogen-bond donors (Lipinski definition) is 1. The quantitative estimate of drug-likeness (QED) is 0.911. The molecule has 0 bridgehead atoms. The molecule has 1 heterocycles. The molecule has 3 rings (SSSR count). The van der Waals surface area contributed by atoms with Crippen LogP contribution in [-0.4, -0.2) is 23.4 Å². The first-order valence-electron chi connectivity index (χ1n) is 5.70. The molecule has 1 aliphatic heterocycles. The average molecular weight is 298 g/mol. The topological polar surface area (TPSA) is 41.6 Å². The van der Waals surface area contributed by atoms with Crippen LogP contribution >= 0.6 is 15.9 Å². The van der Waals surface area contributed by atoms with E-state index in [9.17, 15) is 4.39 Å². The van der Waals surface area contributed by atoms with Crippen LogP contribution in [-0.2, 0) is 0 Å². The van der Waals surface area contributed by atoms with E-state index < -0.39 is 0 Å². The van der Waals surface area contributed by atoms with E-state index >= 15 is 0 Å². The van der Waals surface area contributed by atoms with E-state index in [4.69, 9.17) is 5.73 Å². The number of benzene rings is 1. The van der Waals surface area contributed by atoms with Gasteiger partial charge in [0, 0.05) is 16.1 Å². The molecule has 2 aliphatic rings. The number of halogens is 2. The van der Waals surface area contributed by atoms with Gasteiger partial charge >= 0.3 is 0 Å². The molecular weight excluding hydrogens is 285 g/mol. The third-order valence-corrected chi connectivity index (χ3v) is 3.78. The number of nitrogens with zero attached hydrogens (tertiary/aromatic N) is 2. The molecule has 1 aromatic rings. The molecule has 1 saturated carbocycles. The molecule has 0 amide bonds. The summed E-state index contributed by atoms with van der Waals surface area (Å²) in [4.78, 5) is 6.31. The Morgan fingerprint density at radius 1 is 1.41 bits per heavy atom. The van der Waals surface area contributed by atoms with E-state index in [-0.39, 0.29) is 11.9 Å². The molecule has 2 N–H and O–H groups in total. The van der Waals surface area contributed by atoms with Gasteiger partial charge in [-0.25, -0.2) is 4.39 Å². The molecule has 0 spiro atoms. The van der Waals surface area contributed by atoms with Gasteiger partial charge in [0.05, 0.1) is 12.6 Å². The van der Waals surface area contributed by atoms with Gasteiger partial charge < -0.3 is 10.6 Å². The minimum Gasteiger partial charge on any atom is -0.370 e. The maximum Gasteiger partial charge on any atom is 0.192 e. The largest absolute Gasteiger partial charge is 0.370 e. The van der Waals surface area contributed by atoms with Crippen molar-refractivity contribution in [1.82, 2.24) is 4.90 Å². The third kappa shape index (κ3) is 1.92. The van der Waals surface area contributed by atoms with Crippen molar-refractivity contribution in [3.05, 3.63) is 34.1 Å². The molecule has 1 unspecified atom stereocenters. The van der Waals surface area contributed by atoms with Gasteiger partial charge in [0.25, 0.3) is 0 Å². The van der Waals surface area contributed by atoms with E-state index in [1.54, 1.807) is 6.07 Å². The monoisotopic (exact) mass is 297 g/mol. The lowest BCUT2D eigenvalue weighted by molar-refractivity contribution is 0.329. The van der Waals surface area contributed by atoms with Gasteiger partial charge in [-0.05, 0) is 31.0 Å².